The first-order chi connectivity index (χ1) is 13.0. The first kappa shape index (κ1) is 17.2. The van der Waals surface area contributed by atoms with Crippen LogP contribution in [0.4, 0.5) is 4.39 Å². The van der Waals surface area contributed by atoms with E-state index in [2.05, 4.69) is 4.98 Å². The molecule has 0 spiro atoms. The first-order valence-corrected chi connectivity index (χ1v) is 8.49. The molecule has 2 heterocycles. The lowest BCUT2D eigenvalue weighted by atomic mass is 10.2. The van der Waals surface area contributed by atoms with Crippen LogP contribution in [-0.4, -0.2) is 14.1 Å². The molecule has 0 fully saturated rings. The number of aryl methyl sites for hydroxylation is 1. The zero-order valence-corrected chi connectivity index (χ0v) is 14.9. The summed E-state index contributed by atoms with van der Waals surface area (Å²) >= 11 is 5.92. The SMILES string of the molecule is Cc1ccc(-n2c(=O)n(-c3cccnc3)c(=O)c3cc(F)c(Cl)cc32)cc1. The smallest absolute Gasteiger partial charge is 0.268 e. The molecule has 0 saturated carbocycles. The normalized spacial score (nSPS) is 11.1. The summed E-state index contributed by atoms with van der Waals surface area (Å²) in [5.74, 6) is -0.729. The molecule has 7 heteroatoms. The maximum Gasteiger partial charge on any atom is 0.340 e. The van der Waals surface area contributed by atoms with Crippen molar-refractivity contribution in [1.82, 2.24) is 14.1 Å². The Hall–Kier alpha value is -3.25. The number of halogens is 2. The summed E-state index contributed by atoms with van der Waals surface area (Å²) in [5, 5.41) is -0.123. The van der Waals surface area contributed by atoms with Crippen molar-refractivity contribution >= 4 is 22.5 Å². The van der Waals surface area contributed by atoms with Crippen LogP contribution in [0.2, 0.25) is 5.02 Å². The number of rotatable bonds is 2. The second kappa shape index (κ2) is 6.48. The van der Waals surface area contributed by atoms with Gasteiger partial charge in [0.15, 0.2) is 0 Å². The van der Waals surface area contributed by atoms with Crippen LogP contribution in [0.1, 0.15) is 5.56 Å². The van der Waals surface area contributed by atoms with Crippen molar-refractivity contribution in [2.45, 2.75) is 6.92 Å². The molecule has 134 valence electrons. The lowest BCUT2D eigenvalue weighted by molar-refractivity contribution is 0.629. The molecule has 0 bridgehead atoms. The molecule has 0 radical (unpaired) electrons. The van der Waals surface area contributed by atoms with Gasteiger partial charge in [-0.15, -0.1) is 0 Å². The summed E-state index contributed by atoms with van der Waals surface area (Å²) in [5.41, 5.74) is 0.858. The van der Waals surface area contributed by atoms with Gasteiger partial charge in [-0.25, -0.2) is 13.8 Å². The van der Waals surface area contributed by atoms with Gasteiger partial charge >= 0.3 is 5.69 Å². The van der Waals surface area contributed by atoms with Gasteiger partial charge in [0, 0.05) is 6.20 Å². The van der Waals surface area contributed by atoms with Gasteiger partial charge < -0.3 is 0 Å². The minimum Gasteiger partial charge on any atom is -0.268 e. The summed E-state index contributed by atoms with van der Waals surface area (Å²) in [7, 11) is 0. The second-order valence-corrected chi connectivity index (χ2v) is 6.50. The molecule has 0 unspecified atom stereocenters. The monoisotopic (exact) mass is 381 g/mol. The summed E-state index contributed by atoms with van der Waals surface area (Å²) in [6.45, 7) is 1.92. The van der Waals surface area contributed by atoms with Crippen molar-refractivity contribution < 1.29 is 4.39 Å². The molecule has 0 aliphatic heterocycles. The van der Waals surface area contributed by atoms with E-state index in [0.29, 0.717) is 11.4 Å². The minimum absolute atomic E-state index is 0.0425. The standard InChI is InChI=1S/C20H13ClFN3O2/c1-12-4-6-13(7-5-12)24-18-10-16(21)17(22)9-15(18)19(26)25(20(24)27)14-3-2-8-23-11-14/h2-11H,1H3. The van der Waals surface area contributed by atoms with Crippen LogP contribution in [0.5, 0.6) is 0 Å². The van der Waals surface area contributed by atoms with E-state index in [1.54, 1.807) is 24.3 Å². The Bertz CT molecular complexity index is 1280. The van der Waals surface area contributed by atoms with Crippen LogP contribution in [-0.2, 0) is 0 Å². The number of nitrogens with zero attached hydrogens (tertiary/aromatic N) is 3. The third-order valence-electron chi connectivity index (χ3n) is 4.29. The Morgan fingerprint density at radius 2 is 1.74 bits per heavy atom. The molecule has 4 aromatic rings. The van der Waals surface area contributed by atoms with Crippen LogP contribution in [0, 0.1) is 12.7 Å². The highest BCUT2D eigenvalue weighted by atomic mass is 35.5. The summed E-state index contributed by atoms with van der Waals surface area (Å²) in [6, 6.07) is 12.8. The van der Waals surface area contributed by atoms with E-state index in [-0.39, 0.29) is 15.9 Å². The highest BCUT2D eigenvalue weighted by Crippen LogP contribution is 2.22. The Kier molecular flexibility index (Phi) is 4.12. The minimum atomic E-state index is -0.729. The van der Waals surface area contributed by atoms with Gasteiger partial charge in [-0.1, -0.05) is 29.3 Å². The van der Waals surface area contributed by atoms with Crippen molar-refractivity contribution in [1.29, 1.82) is 0 Å². The third-order valence-corrected chi connectivity index (χ3v) is 4.58. The number of aromatic nitrogens is 3. The van der Waals surface area contributed by atoms with Crippen LogP contribution in [0.3, 0.4) is 0 Å². The van der Waals surface area contributed by atoms with Crippen molar-refractivity contribution in [3.05, 3.63) is 98.2 Å². The van der Waals surface area contributed by atoms with Gasteiger partial charge in [-0.3, -0.25) is 14.3 Å². The molecule has 0 saturated heterocycles. The number of fused-ring (bicyclic) bond motifs is 1. The highest BCUT2D eigenvalue weighted by Gasteiger charge is 2.18. The van der Waals surface area contributed by atoms with E-state index in [1.165, 1.54) is 23.0 Å². The summed E-state index contributed by atoms with van der Waals surface area (Å²) in [4.78, 5) is 30.2. The van der Waals surface area contributed by atoms with Crippen molar-refractivity contribution in [3.63, 3.8) is 0 Å². The number of hydrogen-bond acceptors (Lipinski definition) is 3. The maximum atomic E-state index is 14.1. The molecular weight excluding hydrogens is 369 g/mol. The van der Waals surface area contributed by atoms with Gasteiger partial charge in [0.2, 0.25) is 0 Å². The summed E-state index contributed by atoms with van der Waals surface area (Å²) in [6.07, 6.45) is 2.94. The largest absolute Gasteiger partial charge is 0.340 e. The molecule has 0 amide bonds. The molecule has 0 N–H and O–H groups in total. The molecule has 0 aliphatic carbocycles. The molecule has 0 aliphatic rings. The Morgan fingerprint density at radius 1 is 1.00 bits per heavy atom. The topological polar surface area (TPSA) is 56.9 Å². The predicted molar refractivity (Wildman–Crippen MR) is 103 cm³/mol. The van der Waals surface area contributed by atoms with Crippen LogP contribution in [0.15, 0.2) is 70.5 Å². The van der Waals surface area contributed by atoms with Gasteiger partial charge in [0.1, 0.15) is 5.82 Å². The molecule has 4 rings (SSSR count). The van der Waals surface area contributed by atoms with Gasteiger partial charge in [-0.2, -0.15) is 0 Å². The fraction of sp³-hybridized carbons (Fsp3) is 0.0500. The highest BCUT2D eigenvalue weighted by molar-refractivity contribution is 6.31. The zero-order valence-electron chi connectivity index (χ0n) is 14.2. The van der Waals surface area contributed by atoms with Crippen LogP contribution in [0.25, 0.3) is 22.3 Å². The Labute approximate surface area is 157 Å². The lowest BCUT2D eigenvalue weighted by Crippen LogP contribution is -2.38. The maximum absolute atomic E-state index is 14.1. The van der Waals surface area contributed by atoms with E-state index in [0.717, 1.165) is 16.2 Å². The Balaban J connectivity index is 2.21. The Morgan fingerprint density at radius 3 is 2.41 bits per heavy atom. The third kappa shape index (κ3) is 2.84. The predicted octanol–water partition coefficient (Wildman–Crippen LogP) is 3.64. The lowest BCUT2D eigenvalue weighted by Gasteiger charge is -2.15. The van der Waals surface area contributed by atoms with Gasteiger partial charge in [0.25, 0.3) is 5.56 Å². The first-order valence-electron chi connectivity index (χ1n) is 8.11. The van der Waals surface area contributed by atoms with Crippen molar-refractivity contribution in [2.75, 3.05) is 0 Å². The number of pyridine rings is 1. The fourth-order valence-electron chi connectivity index (χ4n) is 2.96. The molecular formula is C20H13ClFN3O2. The van der Waals surface area contributed by atoms with Crippen LogP contribution < -0.4 is 11.2 Å². The van der Waals surface area contributed by atoms with E-state index in [1.807, 2.05) is 19.1 Å². The molecule has 2 aromatic carbocycles. The van der Waals surface area contributed by atoms with E-state index in [9.17, 15) is 14.0 Å². The quantitative estimate of drug-likeness (QED) is 0.532. The number of benzene rings is 2. The molecule has 0 atom stereocenters. The molecule has 2 aromatic heterocycles. The van der Waals surface area contributed by atoms with E-state index < -0.39 is 17.1 Å². The number of hydrogen-bond donors (Lipinski definition) is 0. The van der Waals surface area contributed by atoms with Gasteiger partial charge in [0.05, 0.1) is 33.5 Å². The molecule has 27 heavy (non-hydrogen) atoms. The average molecular weight is 382 g/mol. The second-order valence-electron chi connectivity index (χ2n) is 6.09. The van der Waals surface area contributed by atoms with E-state index in [4.69, 9.17) is 11.6 Å². The van der Waals surface area contributed by atoms with Crippen LogP contribution >= 0.6 is 11.6 Å². The molecule has 5 nitrogen and oxygen atoms in total. The zero-order chi connectivity index (χ0) is 19.1. The fourth-order valence-corrected chi connectivity index (χ4v) is 3.12. The summed E-state index contributed by atoms with van der Waals surface area (Å²) < 4.78 is 16.4. The van der Waals surface area contributed by atoms with E-state index >= 15 is 0 Å². The van der Waals surface area contributed by atoms with Crippen molar-refractivity contribution in [2.24, 2.45) is 0 Å². The average Bonchev–Trinajstić information content (AvgIpc) is 2.66. The van der Waals surface area contributed by atoms with Gasteiger partial charge in [-0.05, 0) is 43.3 Å². The van der Waals surface area contributed by atoms with Crippen molar-refractivity contribution in [3.8, 4) is 11.4 Å².